The van der Waals surface area contributed by atoms with Gasteiger partial charge in [-0.25, -0.2) is 4.39 Å². The fourth-order valence-electron chi connectivity index (χ4n) is 1.39. The number of pyridine rings is 1. The van der Waals surface area contributed by atoms with Gasteiger partial charge < -0.3 is 10.1 Å². The molecule has 1 aromatic carbocycles. The summed E-state index contributed by atoms with van der Waals surface area (Å²) in [5, 5.41) is 9.79. The predicted molar refractivity (Wildman–Crippen MR) is 55.9 cm³/mol. The molecule has 0 radical (unpaired) electrons. The number of halogens is 2. The molecule has 0 bridgehead atoms. The zero-order valence-corrected chi connectivity index (χ0v) is 8.52. The number of rotatable bonds is 0. The molecule has 78 valence electrons. The third kappa shape index (κ3) is 1.37. The van der Waals surface area contributed by atoms with Gasteiger partial charge in [-0.3, -0.25) is 4.79 Å². The third-order valence-electron chi connectivity index (χ3n) is 2.28. The Morgan fingerprint density at radius 2 is 2.13 bits per heavy atom. The van der Waals surface area contributed by atoms with Crippen molar-refractivity contribution in [3.05, 3.63) is 38.9 Å². The molecule has 2 aromatic rings. The van der Waals surface area contributed by atoms with E-state index in [1.54, 1.807) is 0 Å². The Bertz CT molecular complexity index is 606. The number of aromatic amines is 1. The molecule has 2 N–H and O–H groups in total. The zero-order valence-electron chi connectivity index (χ0n) is 7.77. The number of hydrogen-bond donors (Lipinski definition) is 2. The van der Waals surface area contributed by atoms with E-state index in [1.165, 1.54) is 13.0 Å². The molecular weight excluding hydrogens is 221 g/mol. The van der Waals surface area contributed by atoms with Crippen LogP contribution in [0.15, 0.2) is 16.9 Å². The topological polar surface area (TPSA) is 53.1 Å². The summed E-state index contributed by atoms with van der Waals surface area (Å²) in [5.74, 6) is -0.807. The highest BCUT2D eigenvalue weighted by molar-refractivity contribution is 6.35. The highest BCUT2D eigenvalue weighted by Gasteiger charge is 2.12. The average Bonchev–Trinajstić information content (AvgIpc) is 2.21. The summed E-state index contributed by atoms with van der Waals surface area (Å²) in [7, 11) is 0. The van der Waals surface area contributed by atoms with E-state index < -0.39 is 11.4 Å². The fourth-order valence-corrected chi connectivity index (χ4v) is 1.60. The minimum atomic E-state index is -0.636. The van der Waals surface area contributed by atoms with Crippen molar-refractivity contribution in [1.82, 2.24) is 4.98 Å². The van der Waals surface area contributed by atoms with Crippen molar-refractivity contribution in [3.8, 4) is 5.75 Å². The zero-order chi connectivity index (χ0) is 11.2. The SMILES string of the molecule is Cc1c(O)c2ccc(F)c(Cl)c2[nH]c1=O. The molecule has 1 heterocycles. The normalized spacial score (nSPS) is 10.9. The van der Waals surface area contributed by atoms with Gasteiger partial charge in [0, 0.05) is 5.39 Å². The standard InChI is InChI=1S/C10H7ClFNO2/c1-4-9(14)5-2-3-6(12)7(11)8(5)13-10(4)15/h2-3H,1H3,(H2,13,14,15). The smallest absolute Gasteiger partial charge is 0.255 e. The van der Waals surface area contributed by atoms with E-state index in [0.717, 1.165) is 6.07 Å². The van der Waals surface area contributed by atoms with Gasteiger partial charge in [-0.2, -0.15) is 0 Å². The molecule has 0 aliphatic rings. The van der Waals surface area contributed by atoms with Gasteiger partial charge in [0.2, 0.25) is 0 Å². The Balaban J connectivity index is 3.05. The molecule has 15 heavy (non-hydrogen) atoms. The van der Waals surface area contributed by atoms with E-state index in [-0.39, 0.29) is 21.9 Å². The lowest BCUT2D eigenvalue weighted by Gasteiger charge is -2.05. The van der Waals surface area contributed by atoms with Crippen LogP contribution >= 0.6 is 11.6 Å². The van der Waals surface area contributed by atoms with Crippen LogP contribution in [-0.4, -0.2) is 10.1 Å². The summed E-state index contributed by atoms with van der Waals surface area (Å²) in [6.45, 7) is 1.48. The molecule has 0 saturated heterocycles. The quantitative estimate of drug-likeness (QED) is 0.726. The Hall–Kier alpha value is -1.55. The molecule has 0 amide bonds. The second-order valence-corrected chi connectivity index (χ2v) is 3.59. The van der Waals surface area contributed by atoms with Gasteiger partial charge in [0.1, 0.15) is 16.6 Å². The number of benzene rings is 1. The lowest BCUT2D eigenvalue weighted by Crippen LogP contribution is -2.09. The van der Waals surface area contributed by atoms with Crippen molar-refractivity contribution >= 4 is 22.5 Å². The van der Waals surface area contributed by atoms with Gasteiger partial charge in [-0.05, 0) is 19.1 Å². The maximum atomic E-state index is 13.1. The van der Waals surface area contributed by atoms with Crippen LogP contribution in [0.3, 0.4) is 0 Å². The summed E-state index contributed by atoms with van der Waals surface area (Å²) in [4.78, 5) is 13.7. The average molecular weight is 228 g/mol. The monoisotopic (exact) mass is 227 g/mol. The van der Waals surface area contributed by atoms with E-state index in [2.05, 4.69) is 4.98 Å². The molecule has 0 fully saturated rings. The van der Waals surface area contributed by atoms with Gasteiger partial charge in [-0.1, -0.05) is 11.6 Å². The highest BCUT2D eigenvalue weighted by Crippen LogP contribution is 2.30. The minimum absolute atomic E-state index is 0.116. The molecule has 0 aliphatic heterocycles. The first-order chi connectivity index (χ1) is 7.02. The van der Waals surface area contributed by atoms with E-state index >= 15 is 0 Å². The van der Waals surface area contributed by atoms with Gasteiger partial charge in [0.25, 0.3) is 5.56 Å². The summed E-state index contributed by atoms with van der Waals surface area (Å²) in [6.07, 6.45) is 0. The van der Waals surface area contributed by atoms with Crippen molar-refractivity contribution in [3.63, 3.8) is 0 Å². The van der Waals surface area contributed by atoms with Crippen LogP contribution in [0.4, 0.5) is 4.39 Å². The van der Waals surface area contributed by atoms with Gasteiger partial charge in [-0.15, -0.1) is 0 Å². The molecule has 1 aromatic heterocycles. The van der Waals surface area contributed by atoms with Gasteiger partial charge >= 0.3 is 0 Å². The summed E-state index contributed by atoms with van der Waals surface area (Å²) in [5.41, 5.74) is -0.178. The second kappa shape index (κ2) is 3.24. The van der Waals surface area contributed by atoms with Crippen molar-refractivity contribution < 1.29 is 9.50 Å². The lowest BCUT2D eigenvalue weighted by molar-refractivity contribution is 0.476. The van der Waals surface area contributed by atoms with Crippen molar-refractivity contribution in [2.75, 3.05) is 0 Å². The van der Waals surface area contributed by atoms with Gasteiger partial charge in [0.05, 0.1) is 11.1 Å². The molecule has 5 heteroatoms. The highest BCUT2D eigenvalue weighted by atomic mass is 35.5. The van der Waals surface area contributed by atoms with E-state index in [0.29, 0.717) is 5.39 Å². The molecule has 0 saturated carbocycles. The lowest BCUT2D eigenvalue weighted by atomic mass is 10.1. The summed E-state index contributed by atoms with van der Waals surface area (Å²) in [6, 6.07) is 2.51. The Morgan fingerprint density at radius 1 is 1.47 bits per heavy atom. The molecular formula is C10H7ClFNO2. The van der Waals surface area contributed by atoms with Crippen LogP contribution < -0.4 is 5.56 Å². The number of fused-ring (bicyclic) bond motifs is 1. The number of aromatic hydroxyl groups is 1. The molecule has 0 spiro atoms. The van der Waals surface area contributed by atoms with Gasteiger partial charge in [0.15, 0.2) is 0 Å². The first kappa shape index (κ1) is 9.98. The molecule has 2 rings (SSSR count). The molecule has 0 aliphatic carbocycles. The number of nitrogens with one attached hydrogen (secondary N) is 1. The van der Waals surface area contributed by atoms with Crippen molar-refractivity contribution in [2.45, 2.75) is 6.92 Å². The fraction of sp³-hybridized carbons (Fsp3) is 0.100. The largest absolute Gasteiger partial charge is 0.507 e. The Kier molecular flexibility index (Phi) is 2.16. The number of hydrogen-bond acceptors (Lipinski definition) is 2. The maximum Gasteiger partial charge on any atom is 0.255 e. The summed E-state index contributed by atoms with van der Waals surface area (Å²) < 4.78 is 13.1. The first-order valence-corrected chi connectivity index (χ1v) is 4.59. The van der Waals surface area contributed by atoms with Crippen molar-refractivity contribution in [1.29, 1.82) is 0 Å². The van der Waals surface area contributed by atoms with E-state index in [9.17, 15) is 14.3 Å². The predicted octanol–water partition coefficient (Wildman–Crippen LogP) is 2.33. The Morgan fingerprint density at radius 3 is 2.80 bits per heavy atom. The molecule has 0 atom stereocenters. The third-order valence-corrected chi connectivity index (χ3v) is 2.65. The van der Waals surface area contributed by atoms with Crippen LogP contribution in [-0.2, 0) is 0 Å². The maximum absolute atomic E-state index is 13.1. The molecule has 0 unspecified atom stereocenters. The summed E-state index contributed by atoms with van der Waals surface area (Å²) >= 11 is 5.67. The van der Waals surface area contributed by atoms with Crippen LogP contribution in [0, 0.1) is 12.7 Å². The first-order valence-electron chi connectivity index (χ1n) is 4.22. The minimum Gasteiger partial charge on any atom is -0.507 e. The number of H-pyrrole nitrogens is 1. The van der Waals surface area contributed by atoms with Crippen LogP contribution in [0.2, 0.25) is 5.02 Å². The molecule has 3 nitrogen and oxygen atoms in total. The van der Waals surface area contributed by atoms with Crippen molar-refractivity contribution in [2.24, 2.45) is 0 Å². The van der Waals surface area contributed by atoms with Crippen LogP contribution in [0.1, 0.15) is 5.56 Å². The Labute approximate surface area is 89.1 Å². The van der Waals surface area contributed by atoms with E-state index in [1.807, 2.05) is 0 Å². The number of aromatic nitrogens is 1. The second-order valence-electron chi connectivity index (χ2n) is 3.21. The van der Waals surface area contributed by atoms with E-state index in [4.69, 9.17) is 11.6 Å². The van der Waals surface area contributed by atoms with Crippen LogP contribution in [0.5, 0.6) is 5.75 Å². The van der Waals surface area contributed by atoms with Crippen LogP contribution in [0.25, 0.3) is 10.9 Å².